The number of para-hydroxylation sites is 2. The molecular weight excluding hydrogens is 466 g/mol. The number of methoxy groups -OCH3 is 1. The Labute approximate surface area is 195 Å². The van der Waals surface area contributed by atoms with E-state index in [-0.39, 0.29) is 15.8 Å². The van der Waals surface area contributed by atoms with E-state index in [1.165, 1.54) is 45.5 Å². The van der Waals surface area contributed by atoms with E-state index in [0.29, 0.717) is 37.3 Å². The summed E-state index contributed by atoms with van der Waals surface area (Å²) in [6.45, 7) is 3.02. The second kappa shape index (κ2) is 9.32. The molecule has 3 rings (SSSR count). The van der Waals surface area contributed by atoms with E-state index in [1.54, 1.807) is 12.1 Å². The molecule has 180 valence electrons. The van der Waals surface area contributed by atoms with Crippen LogP contribution in [-0.4, -0.2) is 61.4 Å². The fourth-order valence-corrected chi connectivity index (χ4v) is 5.71. The molecule has 11 heteroatoms. The van der Waals surface area contributed by atoms with Crippen molar-refractivity contribution in [3.63, 3.8) is 0 Å². The van der Waals surface area contributed by atoms with Gasteiger partial charge in [-0.25, -0.2) is 21.1 Å². The molecule has 1 aliphatic heterocycles. The van der Waals surface area contributed by atoms with Crippen LogP contribution in [0.2, 0.25) is 0 Å². The first-order valence-corrected chi connectivity index (χ1v) is 13.3. The number of anilines is 2. The van der Waals surface area contributed by atoms with E-state index in [9.17, 15) is 21.6 Å². The summed E-state index contributed by atoms with van der Waals surface area (Å²) in [5.74, 6) is -0.240. The Bertz CT molecular complexity index is 1220. The molecule has 0 bridgehead atoms. The van der Waals surface area contributed by atoms with Crippen LogP contribution in [0.4, 0.5) is 11.4 Å². The number of rotatable bonds is 7. The maximum Gasteiger partial charge on any atom is 0.311 e. The topological polar surface area (TPSA) is 113 Å². The van der Waals surface area contributed by atoms with Gasteiger partial charge in [-0.05, 0) is 56.2 Å². The summed E-state index contributed by atoms with van der Waals surface area (Å²) in [5.41, 5.74) is 0.554. The molecule has 1 heterocycles. The van der Waals surface area contributed by atoms with Crippen LogP contribution in [0.1, 0.15) is 19.8 Å². The molecule has 9 nitrogen and oxygen atoms in total. The SMILES string of the molecule is COC(=O)C1(C)CCN(c2ccccc2NS(=O)(=O)c2ccc(S(=O)(=O)N(C)C)cc2)CC1. The summed E-state index contributed by atoms with van der Waals surface area (Å²) in [5, 5.41) is 0. The molecule has 0 saturated carbocycles. The van der Waals surface area contributed by atoms with Crippen molar-refractivity contribution in [3.05, 3.63) is 48.5 Å². The lowest BCUT2D eigenvalue weighted by Crippen LogP contribution is -2.43. The number of sulfonamides is 2. The molecule has 0 aromatic heterocycles. The second-order valence-corrected chi connectivity index (χ2v) is 12.3. The zero-order valence-corrected chi connectivity index (χ0v) is 20.7. The third-order valence-electron chi connectivity index (χ3n) is 5.95. The van der Waals surface area contributed by atoms with Gasteiger partial charge in [-0.2, -0.15) is 0 Å². The van der Waals surface area contributed by atoms with Gasteiger partial charge in [0.2, 0.25) is 10.0 Å². The lowest BCUT2D eigenvalue weighted by atomic mass is 9.80. The van der Waals surface area contributed by atoms with Crippen molar-refractivity contribution < 1.29 is 26.4 Å². The molecule has 2 aromatic rings. The maximum atomic E-state index is 13.0. The molecular formula is C22H29N3O6S2. The van der Waals surface area contributed by atoms with Crippen LogP contribution in [-0.2, 0) is 29.6 Å². The first kappa shape index (κ1) is 25.0. The normalized spacial score (nSPS) is 16.5. The summed E-state index contributed by atoms with van der Waals surface area (Å²) < 4.78 is 59.1. The Morgan fingerprint density at radius 1 is 0.970 bits per heavy atom. The highest BCUT2D eigenvalue weighted by Gasteiger charge is 2.38. The number of carbonyl (C=O) groups excluding carboxylic acids is 1. The number of esters is 1. The van der Waals surface area contributed by atoms with Gasteiger partial charge in [0.05, 0.1) is 33.7 Å². The molecule has 2 aromatic carbocycles. The Kier molecular flexibility index (Phi) is 7.06. The molecule has 1 fully saturated rings. The first-order chi connectivity index (χ1) is 15.4. The highest BCUT2D eigenvalue weighted by molar-refractivity contribution is 7.92. The molecule has 0 radical (unpaired) electrons. The van der Waals surface area contributed by atoms with Crippen molar-refractivity contribution in [1.29, 1.82) is 0 Å². The smallest absolute Gasteiger partial charge is 0.311 e. The number of hydrogen-bond donors (Lipinski definition) is 1. The zero-order chi connectivity index (χ0) is 24.4. The van der Waals surface area contributed by atoms with Crippen molar-refractivity contribution in [2.24, 2.45) is 5.41 Å². The molecule has 1 aliphatic rings. The minimum absolute atomic E-state index is 0.00817. The summed E-state index contributed by atoms with van der Waals surface area (Å²) in [6.07, 6.45) is 1.17. The van der Waals surface area contributed by atoms with Gasteiger partial charge in [-0.3, -0.25) is 9.52 Å². The van der Waals surface area contributed by atoms with Gasteiger partial charge >= 0.3 is 5.97 Å². The van der Waals surface area contributed by atoms with Crippen LogP contribution in [0.15, 0.2) is 58.3 Å². The summed E-state index contributed by atoms with van der Waals surface area (Å²) in [6, 6.07) is 12.1. The molecule has 0 atom stereocenters. The Balaban J connectivity index is 1.82. The predicted octanol–water partition coefficient (Wildman–Crippen LogP) is 2.52. The maximum absolute atomic E-state index is 13.0. The highest BCUT2D eigenvalue weighted by atomic mass is 32.2. The molecule has 0 amide bonds. The minimum Gasteiger partial charge on any atom is -0.469 e. The van der Waals surface area contributed by atoms with Crippen molar-refractivity contribution in [3.8, 4) is 0 Å². The first-order valence-electron chi connectivity index (χ1n) is 10.4. The Morgan fingerprint density at radius 3 is 2.06 bits per heavy atom. The van der Waals surface area contributed by atoms with Crippen LogP contribution < -0.4 is 9.62 Å². The van der Waals surface area contributed by atoms with Gasteiger partial charge in [0.1, 0.15) is 0 Å². The predicted molar refractivity (Wildman–Crippen MR) is 126 cm³/mol. The lowest BCUT2D eigenvalue weighted by Gasteiger charge is -2.39. The van der Waals surface area contributed by atoms with E-state index in [4.69, 9.17) is 4.74 Å². The van der Waals surface area contributed by atoms with Gasteiger partial charge in [0.25, 0.3) is 10.0 Å². The molecule has 33 heavy (non-hydrogen) atoms. The van der Waals surface area contributed by atoms with E-state index in [0.717, 1.165) is 4.31 Å². The van der Waals surface area contributed by atoms with Gasteiger partial charge < -0.3 is 9.64 Å². The third-order valence-corrected chi connectivity index (χ3v) is 9.16. The number of hydrogen-bond acceptors (Lipinski definition) is 7. The van der Waals surface area contributed by atoms with E-state index in [1.807, 2.05) is 24.0 Å². The fourth-order valence-electron chi connectivity index (χ4n) is 3.73. The largest absolute Gasteiger partial charge is 0.469 e. The highest BCUT2D eigenvalue weighted by Crippen LogP contribution is 2.37. The number of piperidine rings is 1. The average Bonchev–Trinajstić information content (AvgIpc) is 2.79. The van der Waals surface area contributed by atoms with Crippen molar-refractivity contribution in [1.82, 2.24) is 4.31 Å². The van der Waals surface area contributed by atoms with E-state index in [2.05, 4.69) is 4.72 Å². The summed E-state index contributed by atoms with van der Waals surface area (Å²) in [4.78, 5) is 14.1. The number of benzene rings is 2. The Hall–Kier alpha value is -2.63. The van der Waals surface area contributed by atoms with Crippen LogP contribution in [0.25, 0.3) is 0 Å². The average molecular weight is 496 g/mol. The quantitative estimate of drug-likeness (QED) is 0.587. The van der Waals surface area contributed by atoms with Gasteiger partial charge in [0, 0.05) is 27.2 Å². The minimum atomic E-state index is -3.96. The fraction of sp³-hybridized carbons (Fsp3) is 0.409. The molecule has 0 spiro atoms. The second-order valence-electron chi connectivity index (χ2n) is 8.42. The lowest BCUT2D eigenvalue weighted by molar-refractivity contribution is -0.152. The molecule has 0 aliphatic carbocycles. The van der Waals surface area contributed by atoms with E-state index < -0.39 is 25.5 Å². The van der Waals surface area contributed by atoms with Crippen molar-refractivity contribution in [2.75, 3.05) is 43.9 Å². The summed E-state index contributed by atoms with van der Waals surface area (Å²) in [7, 11) is -3.41. The molecule has 1 saturated heterocycles. The van der Waals surface area contributed by atoms with Gasteiger partial charge in [-0.15, -0.1) is 0 Å². The third kappa shape index (κ3) is 5.15. The number of nitrogens with zero attached hydrogens (tertiary/aromatic N) is 2. The van der Waals surface area contributed by atoms with E-state index >= 15 is 0 Å². The Morgan fingerprint density at radius 2 is 1.52 bits per heavy atom. The monoisotopic (exact) mass is 495 g/mol. The number of carbonyl (C=O) groups is 1. The van der Waals surface area contributed by atoms with Crippen LogP contribution >= 0.6 is 0 Å². The van der Waals surface area contributed by atoms with Crippen LogP contribution in [0, 0.1) is 5.41 Å². The summed E-state index contributed by atoms with van der Waals surface area (Å²) >= 11 is 0. The molecule has 1 N–H and O–H groups in total. The number of ether oxygens (including phenoxy) is 1. The standard InChI is InChI=1S/C22H29N3O6S2/c1-22(21(26)31-4)13-15-25(16-14-22)20-8-6-5-7-19(20)23-32(27,28)17-9-11-18(12-10-17)33(29,30)24(2)3/h5-12,23H,13-16H2,1-4H3. The van der Waals surface area contributed by atoms with Gasteiger partial charge in [-0.1, -0.05) is 12.1 Å². The molecule has 0 unspecified atom stereocenters. The zero-order valence-electron chi connectivity index (χ0n) is 19.1. The van der Waals surface area contributed by atoms with Crippen molar-refractivity contribution >= 4 is 37.4 Å². The van der Waals surface area contributed by atoms with Crippen molar-refractivity contribution in [2.45, 2.75) is 29.6 Å². The number of nitrogens with one attached hydrogen (secondary N) is 1. The van der Waals surface area contributed by atoms with Crippen LogP contribution in [0.3, 0.4) is 0 Å². The van der Waals surface area contributed by atoms with Crippen LogP contribution in [0.5, 0.6) is 0 Å². The van der Waals surface area contributed by atoms with Gasteiger partial charge in [0.15, 0.2) is 0 Å².